The van der Waals surface area contributed by atoms with Crippen LogP contribution < -0.4 is 5.32 Å². The van der Waals surface area contributed by atoms with Crippen molar-refractivity contribution in [2.45, 2.75) is 111 Å². The summed E-state index contributed by atoms with van der Waals surface area (Å²) in [5, 5.41) is 3.60. The smallest absolute Gasteiger partial charge is 0.00488 e. The molecule has 1 nitrogen and oxygen atoms in total. The molecule has 0 aromatic carbocycles. The summed E-state index contributed by atoms with van der Waals surface area (Å²) in [4.78, 5) is 0. The lowest BCUT2D eigenvalue weighted by molar-refractivity contribution is 0.432. The van der Waals surface area contributed by atoms with E-state index < -0.39 is 0 Å². The molecule has 1 atom stereocenters. The molecule has 0 aromatic heterocycles. The van der Waals surface area contributed by atoms with E-state index in [9.17, 15) is 0 Å². The van der Waals surface area contributed by atoms with E-state index in [1.807, 2.05) is 0 Å². The van der Waals surface area contributed by atoms with Crippen LogP contribution in [-0.4, -0.2) is 13.1 Å². The summed E-state index contributed by atoms with van der Waals surface area (Å²) in [5.41, 5.74) is 0. The van der Waals surface area contributed by atoms with E-state index in [1.54, 1.807) is 0 Å². The number of hydrogen-bond donors (Lipinski definition) is 1. The van der Waals surface area contributed by atoms with E-state index in [2.05, 4.69) is 33.0 Å². The van der Waals surface area contributed by atoms with Gasteiger partial charge in [0.15, 0.2) is 0 Å². The lowest BCUT2D eigenvalue weighted by Gasteiger charge is -2.11. The van der Waals surface area contributed by atoms with Crippen LogP contribution in [-0.2, 0) is 0 Å². The minimum Gasteiger partial charge on any atom is -0.317 e. The zero-order valence-corrected chi connectivity index (χ0v) is 16.3. The molecule has 0 saturated carbocycles. The molecule has 0 saturated heterocycles. The van der Waals surface area contributed by atoms with Crippen LogP contribution in [0.3, 0.4) is 0 Å². The zero-order chi connectivity index (χ0) is 16.5. The third kappa shape index (κ3) is 18.0. The van der Waals surface area contributed by atoms with E-state index in [1.165, 1.54) is 96.6 Å². The molecule has 0 aromatic rings. The first kappa shape index (κ1) is 22.0. The highest BCUT2D eigenvalue weighted by Gasteiger charge is 2.02. The van der Waals surface area contributed by atoms with Crippen LogP contribution in [0.5, 0.6) is 0 Å². The predicted octanol–water partition coefficient (Wildman–Crippen LogP) is 6.96. The Labute approximate surface area is 142 Å². The van der Waals surface area contributed by atoms with Crippen LogP contribution in [0.4, 0.5) is 0 Å². The molecule has 0 rings (SSSR count). The molecule has 0 amide bonds. The van der Waals surface area contributed by atoms with Crippen molar-refractivity contribution in [3.8, 4) is 0 Å². The maximum atomic E-state index is 3.60. The first-order valence-corrected chi connectivity index (χ1v) is 10.4. The number of hydrogen-bond acceptors (Lipinski definition) is 1. The van der Waals surface area contributed by atoms with Gasteiger partial charge in [-0.1, -0.05) is 91.9 Å². The van der Waals surface area contributed by atoms with Crippen LogP contribution >= 0.6 is 0 Å². The molecule has 0 fully saturated rings. The van der Waals surface area contributed by atoms with Crippen molar-refractivity contribution in [2.24, 2.45) is 11.8 Å². The van der Waals surface area contributed by atoms with Gasteiger partial charge in [-0.25, -0.2) is 0 Å². The van der Waals surface area contributed by atoms with E-state index in [4.69, 9.17) is 0 Å². The molecule has 0 heterocycles. The Morgan fingerprint density at radius 2 is 1.14 bits per heavy atom. The second-order valence-electron chi connectivity index (χ2n) is 7.80. The maximum absolute atomic E-state index is 3.60. The minimum atomic E-state index is 0.889. The topological polar surface area (TPSA) is 12.0 Å². The van der Waals surface area contributed by atoms with E-state index in [0.717, 1.165) is 11.8 Å². The largest absolute Gasteiger partial charge is 0.317 e. The summed E-state index contributed by atoms with van der Waals surface area (Å²) in [7, 11) is 0. The Morgan fingerprint density at radius 1 is 0.591 bits per heavy atom. The Hall–Kier alpha value is -0.0400. The fraction of sp³-hybridized carbons (Fsp3) is 1.00. The van der Waals surface area contributed by atoms with Gasteiger partial charge < -0.3 is 5.32 Å². The summed E-state index contributed by atoms with van der Waals surface area (Å²) in [6.07, 6.45) is 18.4. The first-order chi connectivity index (χ1) is 10.7. The van der Waals surface area contributed by atoms with E-state index in [0.29, 0.717) is 0 Å². The van der Waals surface area contributed by atoms with Gasteiger partial charge in [0.05, 0.1) is 0 Å². The molecule has 134 valence electrons. The van der Waals surface area contributed by atoms with Crippen LogP contribution in [0, 0.1) is 11.8 Å². The van der Waals surface area contributed by atoms with Crippen molar-refractivity contribution in [3.05, 3.63) is 0 Å². The number of nitrogens with one attached hydrogen (secondary N) is 1. The highest BCUT2D eigenvalue weighted by molar-refractivity contribution is 4.57. The SMILES string of the molecule is CCCCCCNCCC[C@H](C)CCCCCCCC(C)C. The lowest BCUT2D eigenvalue weighted by atomic mass is 9.97. The fourth-order valence-electron chi connectivity index (χ4n) is 3.10. The van der Waals surface area contributed by atoms with Crippen molar-refractivity contribution in [2.75, 3.05) is 13.1 Å². The first-order valence-electron chi connectivity index (χ1n) is 10.4. The number of unbranched alkanes of at least 4 members (excludes halogenated alkanes) is 7. The summed E-state index contributed by atoms with van der Waals surface area (Å²) >= 11 is 0. The molecular formula is C21H45N. The Kier molecular flexibility index (Phi) is 17.3. The lowest BCUT2D eigenvalue weighted by Crippen LogP contribution is -2.17. The third-order valence-corrected chi connectivity index (χ3v) is 4.74. The highest BCUT2D eigenvalue weighted by Crippen LogP contribution is 2.16. The molecule has 1 N–H and O–H groups in total. The van der Waals surface area contributed by atoms with Crippen LogP contribution in [0.2, 0.25) is 0 Å². The molecule has 0 aliphatic carbocycles. The molecule has 22 heavy (non-hydrogen) atoms. The Bertz CT molecular complexity index is 200. The molecule has 0 unspecified atom stereocenters. The van der Waals surface area contributed by atoms with Crippen molar-refractivity contribution in [3.63, 3.8) is 0 Å². The van der Waals surface area contributed by atoms with Crippen molar-refractivity contribution >= 4 is 0 Å². The summed E-state index contributed by atoms with van der Waals surface area (Å²) < 4.78 is 0. The van der Waals surface area contributed by atoms with Gasteiger partial charge in [0.2, 0.25) is 0 Å². The summed E-state index contributed by atoms with van der Waals surface area (Å²) in [5.74, 6) is 1.82. The quantitative estimate of drug-likeness (QED) is 0.286. The minimum absolute atomic E-state index is 0.889. The van der Waals surface area contributed by atoms with Crippen molar-refractivity contribution < 1.29 is 0 Å². The van der Waals surface area contributed by atoms with Gasteiger partial charge in [-0.15, -0.1) is 0 Å². The summed E-state index contributed by atoms with van der Waals surface area (Å²) in [6.45, 7) is 11.8. The average Bonchev–Trinajstić information content (AvgIpc) is 2.48. The van der Waals surface area contributed by atoms with Gasteiger partial charge in [-0.3, -0.25) is 0 Å². The fourth-order valence-corrected chi connectivity index (χ4v) is 3.10. The molecule has 0 aliphatic heterocycles. The van der Waals surface area contributed by atoms with Crippen LogP contribution in [0.15, 0.2) is 0 Å². The van der Waals surface area contributed by atoms with Gasteiger partial charge in [0, 0.05) is 0 Å². The van der Waals surface area contributed by atoms with Gasteiger partial charge in [0.1, 0.15) is 0 Å². The third-order valence-electron chi connectivity index (χ3n) is 4.74. The second kappa shape index (κ2) is 17.3. The normalized spacial score (nSPS) is 13.0. The van der Waals surface area contributed by atoms with Gasteiger partial charge >= 0.3 is 0 Å². The van der Waals surface area contributed by atoms with E-state index >= 15 is 0 Å². The molecule has 0 spiro atoms. The molecule has 0 aliphatic rings. The Morgan fingerprint density at radius 3 is 1.82 bits per heavy atom. The van der Waals surface area contributed by atoms with E-state index in [-0.39, 0.29) is 0 Å². The molecule has 1 heteroatoms. The monoisotopic (exact) mass is 311 g/mol. The van der Waals surface area contributed by atoms with Gasteiger partial charge in [-0.2, -0.15) is 0 Å². The zero-order valence-electron chi connectivity index (χ0n) is 16.3. The van der Waals surface area contributed by atoms with Gasteiger partial charge in [-0.05, 0) is 44.2 Å². The molecule has 0 bridgehead atoms. The summed E-state index contributed by atoms with van der Waals surface area (Å²) in [6, 6.07) is 0. The van der Waals surface area contributed by atoms with Crippen molar-refractivity contribution in [1.82, 2.24) is 5.32 Å². The van der Waals surface area contributed by atoms with Crippen LogP contribution in [0.25, 0.3) is 0 Å². The standard InChI is InChI=1S/C21H45N/c1-5-6-7-13-18-22-19-14-17-21(4)16-12-10-8-9-11-15-20(2)3/h20-22H,5-19H2,1-4H3/t21-/m1/s1. The van der Waals surface area contributed by atoms with Crippen molar-refractivity contribution in [1.29, 1.82) is 0 Å². The van der Waals surface area contributed by atoms with Crippen LogP contribution in [0.1, 0.15) is 111 Å². The molecular weight excluding hydrogens is 266 g/mol. The van der Waals surface area contributed by atoms with Gasteiger partial charge in [0.25, 0.3) is 0 Å². The Balaban J connectivity index is 3.14. The highest BCUT2D eigenvalue weighted by atomic mass is 14.8. The average molecular weight is 312 g/mol. The maximum Gasteiger partial charge on any atom is -0.00488 e. The second-order valence-corrected chi connectivity index (χ2v) is 7.80. The number of rotatable bonds is 17. The predicted molar refractivity (Wildman–Crippen MR) is 103 cm³/mol. The molecule has 0 radical (unpaired) electrons.